The Morgan fingerprint density at radius 2 is 1.72 bits per heavy atom. The third kappa shape index (κ3) is 4.71. The van der Waals surface area contributed by atoms with Gasteiger partial charge in [0.2, 0.25) is 0 Å². The third-order valence-corrected chi connectivity index (χ3v) is 5.16. The Labute approximate surface area is 171 Å². The monoisotopic (exact) mass is 387 g/mol. The molecule has 0 atom stereocenters. The van der Waals surface area contributed by atoms with Crippen molar-refractivity contribution in [2.75, 3.05) is 36.0 Å². The van der Waals surface area contributed by atoms with Crippen molar-refractivity contribution in [3.05, 3.63) is 83.9 Å². The second kappa shape index (κ2) is 8.73. The molecule has 29 heavy (non-hydrogen) atoms. The number of nitrogens with zero attached hydrogens (tertiary/aromatic N) is 4. The number of amides is 1. The molecule has 1 saturated heterocycles. The number of hydrogen-bond acceptors (Lipinski definition) is 5. The number of hydrogen-bond donors (Lipinski definition) is 1. The van der Waals surface area contributed by atoms with Gasteiger partial charge in [0.1, 0.15) is 5.69 Å². The van der Waals surface area contributed by atoms with Crippen LogP contribution in [-0.4, -0.2) is 42.1 Å². The van der Waals surface area contributed by atoms with E-state index >= 15 is 0 Å². The molecule has 1 aromatic carbocycles. The summed E-state index contributed by atoms with van der Waals surface area (Å²) >= 11 is 0. The summed E-state index contributed by atoms with van der Waals surface area (Å²) < 4.78 is 0. The lowest BCUT2D eigenvalue weighted by Crippen LogP contribution is -2.46. The van der Waals surface area contributed by atoms with Crippen LogP contribution in [0.2, 0.25) is 0 Å². The fraction of sp³-hybridized carbons (Fsp3) is 0.261. The first-order valence-corrected chi connectivity index (χ1v) is 9.89. The van der Waals surface area contributed by atoms with Crippen molar-refractivity contribution in [3.63, 3.8) is 0 Å². The van der Waals surface area contributed by atoms with Crippen LogP contribution in [0.5, 0.6) is 0 Å². The van der Waals surface area contributed by atoms with Gasteiger partial charge in [-0.1, -0.05) is 18.2 Å². The van der Waals surface area contributed by atoms with Gasteiger partial charge in [-0.15, -0.1) is 0 Å². The summed E-state index contributed by atoms with van der Waals surface area (Å²) in [6, 6.07) is 16.3. The Hall–Kier alpha value is -3.41. The molecule has 1 fully saturated rings. The molecule has 3 heterocycles. The van der Waals surface area contributed by atoms with Crippen molar-refractivity contribution in [2.24, 2.45) is 0 Å². The first-order chi connectivity index (χ1) is 14.2. The number of piperazine rings is 1. The van der Waals surface area contributed by atoms with Crippen molar-refractivity contribution in [2.45, 2.75) is 13.5 Å². The van der Waals surface area contributed by atoms with E-state index in [1.54, 1.807) is 18.6 Å². The van der Waals surface area contributed by atoms with E-state index in [4.69, 9.17) is 0 Å². The molecule has 0 aliphatic carbocycles. The Morgan fingerprint density at radius 1 is 0.966 bits per heavy atom. The maximum absolute atomic E-state index is 12.5. The minimum Gasteiger partial charge on any atom is -0.368 e. The molecule has 6 nitrogen and oxygen atoms in total. The van der Waals surface area contributed by atoms with Gasteiger partial charge in [-0.2, -0.15) is 0 Å². The fourth-order valence-electron chi connectivity index (χ4n) is 3.56. The summed E-state index contributed by atoms with van der Waals surface area (Å²) in [5.74, 6) is -0.172. The molecule has 0 radical (unpaired) electrons. The van der Waals surface area contributed by atoms with Gasteiger partial charge in [-0.05, 0) is 48.4 Å². The number of carbonyl (C=O) groups is 1. The minimum atomic E-state index is -0.172. The molecule has 0 spiro atoms. The molecule has 6 heteroatoms. The minimum absolute atomic E-state index is 0.172. The highest BCUT2D eigenvalue weighted by molar-refractivity contribution is 5.93. The summed E-state index contributed by atoms with van der Waals surface area (Å²) in [5, 5.41) is 2.91. The Bertz CT molecular complexity index is 968. The quantitative estimate of drug-likeness (QED) is 0.729. The average molecular weight is 387 g/mol. The van der Waals surface area contributed by atoms with E-state index in [9.17, 15) is 4.79 Å². The number of aromatic nitrogens is 2. The highest BCUT2D eigenvalue weighted by atomic mass is 16.1. The van der Waals surface area contributed by atoms with Crippen LogP contribution in [0.3, 0.4) is 0 Å². The lowest BCUT2D eigenvalue weighted by atomic mass is 10.2. The number of carbonyl (C=O) groups excluding carboxylic acids is 1. The summed E-state index contributed by atoms with van der Waals surface area (Å²) in [5.41, 5.74) is 4.99. The Balaban J connectivity index is 1.37. The molecular formula is C23H25N5O. The van der Waals surface area contributed by atoms with Crippen LogP contribution in [-0.2, 0) is 6.54 Å². The number of pyridine rings is 2. The predicted octanol–water partition coefficient (Wildman–Crippen LogP) is 3.04. The van der Waals surface area contributed by atoms with Gasteiger partial charge in [0.05, 0.1) is 0 Å². The largest absolute Gasteiger partial charge is 0.368 e. The molecule has 0 saturated carbocycles. The lowest BCUT2D eigenvalue weighted by Gasteiger charge is -2.37. The molecule has 1 aliphatic heterocycles. The van der Waals surface area contributed by atoms with Crippen molar-refractivity contribution in [1.82, 2.24) is 15.3 Å². The van der Waals surface area contributed by atoms with Crippen LogP contribution in [0.25, 0.3) is 0 Å². The molecule has 3 aromatic rings. The smallest absolute Gasteiger partial charge is 0.270 e. The summed E-state index contributed by atoms with van der Waals surface area (Å²) in [6.45, 7) is 6.29. The van der Waals surface area contributed by atoms with E-state index in [0.717, 1.165) is 37.4 Å². The standard InChI is InChI=1S/C23H25N5O/c1-18-4-2-6-20(14-18)27-10-12-28(13-11-27)21-7-9-25-22(15-21)23(29)26-17-19-5-3-8-24-16-19/h2-9,14-16H,10-13,17H2,1H3,(H,26,29). The normalized spacial score (nSPS) is 14.0. The highest BCUT2D eigenvalue weighted by Crippen LogP contribution is 2.21. The van der Waals surface area contributed by atoms with Gasteiger partial charge in [0.25, 0.3) is 5.91 Å². The van der Waals surface area contributed by atoms with Crippen molar-refractivity contribution in [1.29, 1.82) is 0 Å². The van der Waals surface area contributed by atoms with Crippen LogP contribution in [0.1, 0.15) is 21.6 Å². The van der Waals surface area contributed by atoms with Crippen LogP contribution in [0.15, 0.2) is 67.1 Å². The van der Waals surface area contributed by atoms with Gasteiger partial charge in [0, 0.05) is 62.7 Å². The number of nitrogens with one attached hydrogen (secondary N) is 1. The van der Waals surface area contributed by atoms with Gasteiger partial charge < -0.3 is 15.1 Å². The number of benzene rings is 1. The third-order valence-electron chi connectivity index (χ3n) is 5.16. The first-order valence-electron chi connectivity index (χ1n) is 9.89. The molecule has 148 valence electrons. The van der Waals surface area contributed by atoms with E-state index in [1.165, 1.54) is 11.3 Å². The van der Waals surface area contributed by atoms with E-state index in [0.29, 0.717) is 12.2 Å². The maximum Gasteiger partial charge on any atom is 0.270 e. The highest BCUT2D eigenvalue weighted by Gasteiger charge is 2.19. The zero-order valence-electron chi connectivity index (χ0n) is 16.6. The van der Waals surface area contributed by atoms with Gasteiger partial charge in [-0.3, -0.25) is 14.8 Å². The Morgan fingerprint density at radius 3 is 2.41 bits per heavy atom. The molecule has 1 aliphatic rings. The zero-order valence-corrected chi connectivity index (χ0v) is 16.6. The summed E-state index contributed by atoms with van der Waals surface area (Å²) in [4.78, 5) is 25.5. The predicted molar refractivity (Wildman–Crippen MR) is 115 cm³/mol. The van der Waals surface area contributed by atoms with Crippen LogP contribution in [0.4, 0.5) is 11.4 Å². The van der Waals surface area contributed by atoms with Crippen LogP contribution < -0.4 is 15.1 Å². The van der Waals surface area contributed by atoms with Crippen molar-refractivity contribution < 1.29 is 4.79 Å². The molecule has 4 rings (SSSR count). The SMILES string of the molecule is Cc1cccc(N2CCN(c3ccnc(C(=O)NCc4cccnc4)c3)CC2)c1. The van der Waals surface area contributed by atoms with E-state index in [2.05, 4.69) is 56.3 Å². The lowest BCUT2D eigenvalue weighted by molar-refractivity contribution is 0.0946. The molecule has 0 unspecified atom stereocenters. The average Bonchev–Trinajstić information content (AvgIpc) is 2.78. The van der Waals surface area contributed by atoms with Crippen molar-refractivity contribution in [3.8, 4) is 0 Å². The van der Waals surface area contributed by atoms with Gasteiger partial charge in [-0.25, -0.2) is 0 Å². The molecule has 2 aromatic heterocycles. The van der Waals surface area contributed by atoms with E-state index in [1.807, 2.05) is 24.3 Å². The van der Waals surface area contributed by atoms with Gasteiger partial charge in [0.15, 0.2) is 0 Å². The van der Waals surface area contributed by atoms with Crippen LogP contribution in [0, 0.1) is 6.92 Å². The second-order valence-electron chi connectivity index (χ2n) is 7.26. The number of rotatable bonds is 5. The topological polar surface area (TPSA) is 61.4 Å². The zero-order chi connectivity index (χ0) is 20.1. The van der Waals surface area contributed by atoms with Gasteiger partial charge >= 0.3 is 0 Å². The number of aryl methyl sites for hydroxylation is 1. The van der Waals surface area contributed by atoms with Crippen molar-refractivity contribution >= 4 is 17.3 Å². The molecule has 1 amide bonds. The maximum atomic E-state index is 12.5. The molecule has 0 bridgehead atoms. The fourth-order valence-corrected chi connectivity index (χ4v) is 3.56. The second-order valence-corrected chi connectivity index (χ2v) is 7.26. The summed E-state index contributed by atoms with van der Waals surface area (Å²) in [7, 11) is 0. The van der Waals surface area contributed by atoms with E-state index < -0.39 is 0 Å². The molecule has 1 N–H and O–H groups in total. The number of anilines is 2. The summed E-state index contributed by atoms with van der Waals surface area (Å²) in [6.07, 6.45) is 5.17. The van der Waals surface area contributed by atoms with Crippen LogP contribution >= 0.6 is 0 Å². The molecular weight excluding hydrogens is 362 g/mol. The van der Waals surface area contributed by atoms with E-state index in [-0.39, 0.29) is 5.91 Å². The first kappa shape index (κ1) is 18.9. The Kier molecular flexibility index (Phi) is 5.70.